The maximum Gasteiger partial charge on any atom is 0.339 e. The van der Waals surface area contributed by atoms with Crippen LogP contribution in [0, 0.1) is 5.92 Å². The number of amides is 2. The fourth-order valence-electron chi connectivity index (χ4n) is 3.27. The molecule has 1 aromatic heterocycles. The number of hydrogen-bond acceptors (Lipinski definition) is 7. The van der Waals surface area contributed by atoms with Crippen LogP contribution in [-0.2, 0) is 16.6 Å². The fourth-order valence-corrected chi connectivity index (χ4v) is 4.12. The molecule has 0 bridgehead atoms. The molecule has 0 saturated carbocycles. The summed E-state index contributed by atoms with van der Waals surface area (Å²) in [5.74, 6) is -0.447. The highest BCUT2D eigenvalue weighted by atomic mass is 35.5. The summed E-state index contributed by atoms with van der Waals surface area (Å²) >= 11 is 7.11. The van der Waals surface area contributed by atoms with E-state index in [1.807, 2.05) is 13.8 Å². The van der Waals surface area contributed by atoms with E-state index in [-0.39, 0.29) is 29.0 Å². The van der Waals surface area contributed by atoms with Crippen LogP contribution in [0.1, 0.15) is 46.4 Å². The summed E-state index contributed by atoms with van der Waals surface area (Å²) in [5, 5.41) is 15.3. The number of rotatable bonds is 9. The lowest BCUT2D eigenvalue weighted by Gasteiger charge is -2.21. The van der Waals surface area contributed by atoms with E-state index in [1.54, 1.807) is 60.1 Å². The number of nitrogens with one attached hydrogen (secondary N) is 2. The Morgan fingerprint density at radius 3 is 2.43 bits per heavy atom. The summed E-state index contributed by atoms with van der Waals surface area (Å²) < 4.78 is 6.51. The number of anilines is 1. The largest absolute Gasteiger partial charge is 0.465 e. The van der Waals surface area contributed by atoms with Crippen LogP contribution in [0.3, 0.4) is 0 Å². The van der Waals surface area contributed by atoms with E-state index >= 15 is 0 Å². The Kier molecular flexibility index (Phi) is 8.89. The first-order valence-electron chi connectivity index (χ1n) is 10.8. The van der Waals surface area contributed by atoms with Crippen molar-refractivity contribution in [1.82, 2.24) is 20.1 Å². The monoisotopic (exact) mass is 515 g/mol. The molecule has 11 heteroatoms. The number of benzene rings is 2. The number of ether oxygens (including phenoxy) is 1. The number of carbonyl (C=O) groups excluding carboxylic acids is 3. The number of halogens is 1. The van der Waals surface area contributed by atoms with E-state index in [4.69, 9.17) is 16.3 Å². The first kappa shape index (κ1) is 26.2. The molecule has 0 unspecified atom stereocenters. The van der Waals surface area contributed by atoms with Gasteiger partial charge >= 0.3 is 5.97 Å². The van der Waals surface area contributed by atoms with E-state index < -0.39 is 12.0 Å². The lowest BCUT2D eigenvalue weighted by atomic mass is 10.0. The van der Waals surface area contributed by atoms with Crippen molar-refractivity contribution in [2.45, 2.75) is 25.0 Å². The van der Waals surface area contributed by atoms with E-state index in [9.17, 15) is 14.4 Å². The van der Waals surface area contributed by atoms with Crippen LogP contribution < -0.4 is 10.6 Å². The lowest BCUT2D eigenvalue weighted by molar-refractivity contribution is -0.113. The zero-order valence-electron chi connectivity index (χ0n) is 19.7. The van der Waals surface area contributed by atoms with E-state index in [1.165, 1.54) is 18.9 Å². The van der Waals surface area contributed by atoms with Gasteiger partial charge in [-0.15, -0.1) is 10.2 Å². The first-order valence-corrected chi connectivity index (χ1v) is 12.1. The second kappa shape index (κ2) is 11.9. The molecule has 35 heavy (non-hydrogen) atoms. The van der Waals surface area contributed by atoms with Crippen molar-refractivity contribution >= 4 is 46.8 Å². The second-order valence-electron chi connectivity index (χ2n) is 7.98. The van der Waals surface area contributed by atoms with Gasteiger partial charge in [-0.25, -0.2) is 4.79 Å². The molecule has 1 atom stereocenters. The van der Waals surface area contributed by atoms with Crippen LogP contribution in [0.25, 0.3) is 0 Å². The van der Waals surface area contributed by atoms with Crippen molar-refractivity contribution in [3.05, 3.63) is 70.5 Å². The molecule has 2 amide bonds. The predicted molar refractivity (Wildman–Crippen MR) is 135 cm³/mol. The first-order chi connectivity index (χ1) is 16.7. The van der Waals surface area contributed by atoms with Crippen LogP contribution in [0.4, 0.5) is 5.69 Å². The third-order valence-electron chi connectivity index (χ3n) is 5.15. The van der Waals surface area contributed by atoms with Crippen LogP contribution >= 0.6 is 23.4 Å². The van der Waals surface area contributed by atoms with Crippen LogP contribution in [0.15, 0.2) is 53.7 Å². The van der Waals surface area contributed by atoms with Gasteiger partial charge in [0, 0.05) is 17.6 Å². The van der Waals surface area contributed by atoms with Gasteiger partial charge in [-0.1, -0.05) is 49.3 Å². The van der Waals surface area contributed by atoms with Crippen molar-refractivity contribution in [2.75, 3.05) is 18.2 Å². The van der Waals surface area contributed by atoms with Gasteiger partial charge in [-0.3, -0.25) is 9.59 Å². The summed E-state index contributed by atoms with van der Waals surface area (Å²) in [4.78, 5) is 37.2. The molecule has 0 aliphatic carbocycles. The second-order valence-corrected chi connectivity index (χ2v) is 9.35. The Morgan fingerprint density at radius 1 is 1.09 bits per heavy atom. The van der Waals surface area contributed by atoms with E-state index in [0.717, 1.165) is 0 Å². The average Bonchev–Trinajstić information content (AvgIpc) is 3.20. The highest BCUT2D eigenvalue weighted by Crippen LogP contribution is 2.25. The lowest BCUT2D eigenvalue weighted by Crippen LogP contribution is -2.33. The molecule has 1 heterocycles. The smallest absolute Gasteiger partial charge is 0.339 e. The third-order valence-corrected chi connectivity index (χ3v) is 6.42. The molecular weight excluding hydrogens is 490 g/mol. The maximum absolute atomic E-state index is 12.7. The Morgan fingerprint density at radius 2 is 1.77 bits per heavy atom. The van der Waals surface area contributed by atoms with E-state index in [0.29, 0.717) is 27.3 Å². The van der Waals surface area contributed by atoms with Crippen molar-refractivity contribution in [1.29, 1.82) is 0 Å². The summed E-state index contributed by atoms with van der Waals surface area (Å²) in [6, 6.07) is 12.8. The molecule has 3 rings (SSSR count). The summed E-state index contributed by atoms with van der Waals surface area (Å²) in [7, 11) is 3.07. The van der Waals surface area contributed by atoms with Crippen LogP contribution in [-0.4, -0.2) is 45.4 Å². The number of nitrogens with zero attached hydrogens (tertiary/aromatic N) is 3. The normalized spacial score (nSPS) is 11.7. The standard InChI is InChI=1S/C24H26ClN5O4S/c1-14(2)20(27-22(32)15-9-11-16(25)12-10-15)21-28-29-24(30(21)3)35-13-19(31)26-18-8-6-5-7-17(18)23(33)34-4/h5-12,14,20H,13H2,1-4H3,(H,26,31)(H,27,32)/t20-/m0/s1. The number of hydrogen-bond donors (Lipinski definition) is 2. The SMILES string of the molecule is COC(=O)c1ccccc1NC(=O)CSc1nnc([C@@H](NC(=O)c2ccc(Cl)cc2)C(C)C)n1C. The third kappa shape index (κ3) is 6.61. The van der Waals surface area contributed by atoms with Crippen molar-refractivity contribution in [3.8, 4) is 0 Å². The number of methoxy groups -OCH3 is 1. The van der Waals surface area contributed by atoms with Crippen LogP contribution in [0.5, 0.6) is 0 Å². The quantitative estimate of drug-likeness (QED) is 0.325. The molecule has 0 aliphatic rings. The molecule has 0 aliphatic heterocycles. The zero-order valence-corrected chi connectivity index (χ0v) is 21.3. The van der Waals surface area contributed by atoms with Gasteiger partial charge in [0.25, 0.3) is 5.91 Å². The van der Waals surface area contributed by atoms with Gasteiger partial charge in [0.1, 0.15) is 0 Å². The highest BCUT2D eigenvalue weighted by molar-refractivity contribution is 7.99. The molecule has 0 saturated heterocycles. The Hall–Kier alpha value is -3.37. The minimum Gasteiger partial charge on any atom is -0.465 e. The van der Waals surface area contributed by atoms with Gasteiger partial charge in [0.15, 0.2) is 11.0 Å². The Balaban J connectivity index is 1.67. The Bertz CT molecular complexity index is 1210. The van der Waals surface area contributed by atoms with Crippen LogP contribution in [0.2, 0.25) is 5.02 Å². The molecule has 2 aromatic carbocycles. The van der Waals surface area contributed by atoms with Crippen molar-refractivity contribution in [2.24, 2.45) is 13.0 Å². The topological polar surface area (TPSA) is 115 Å². The molecular formula is C24H26ClN5O4S. The molecule has 3 aromatic rings. The average molecular weight is 516 g/mol. The number of thioether (sulfide) groups is 1. The molecule has 2 N–H and O–H groups in total. The minimum absolute atomic E-state index is 0.0325. The summed E-state index contributed by atoms with van der Waals surface area (Å²) in [5.41, 5.74) is 1.12. The molecule has 0 spiro atoms. The van der Waals surface area contributed by atoms with Crippen molar-refractivity contribution in [3.63, 3.8) is 0 Å². The molecule has 0 radical (unpaired) electrons. The summed E-state index contributed by atoms with van der Waals surface area (Å²) in [6.45, 7) is 3.95. The van der Waals surface area contributed by atoms with Crippen molar-refractivity contribution < 1.29 is 19.1 Å². The van der Waals surface area contributed by atoms with E-state index in [2.05, 4.69) is 20.8 Å². The Labute approximate surface area is 212 Å². The van der Waals surface area contributed by atoms with Gasteiger partial charge in [0.05, 0.1) is 30.2 Å². The molecule has 9 nitrogen and oxygen atoms in total. The summed E-state index contributed by atoms with van der Waals surface area (Å²) in [6.07, 6.45) is 0. The molecule has 184 valence electrons. The number of esters is 1. The van der Waals surface area contributed by atoms with Gasteiger partial charge in [-0.05, 0) is 42.3 Å². The highest BCUT2D eigenvalue weighted by Gasteiger charge is 2.25. The predicted octanol–water partition coefficient (Wildman–Crippen LogP) is 4.11. The zero-order chi connectivity index (χ0) is 25.5. The maximum atomic E-state index is 12.7. The number of aromatic nitrogens is 3. The molecule has 0 fully saturated rings. The van der Waals surface area contributed by atoms with Gasteiger partial charge < -0.3 is 19.9 Å². The number of carbonyl (C=O) groups is 3. The minimum atomic E-state index is -0.535. The fraction of sp³-hybridized carbons (Fsp3) is 0.292. The number of para-hydroxylation sites is 1. The van der Waals surface area contributed by atoms with Gasteiger partial charge in [0.2, 0.25) is 5.91 Å². The van der Waals surface area contributed by atoms with Gasteiger partial charge in [-0.2, -0.15) is 0 Å².